The van der Waals surface area contributed by atoms with Crippen molar-refractivity contribution in [2.24, 2.45) is 5.92 Å². The summed E-state index contributed by atoms with van der Waals surface area (Å²) in [5, 5.41) is 12.0. The normalized spacial score (nSPS) is 19.3. The zero-order valence-electron chi connectivity index (χ0n) is 12.6. The van der Waals surface area contributed by atoms with Gasteiger partial charge in [-0.1, -0.05) is 6.92 Å². The number of piperidine rings is 1. The van der Waals surface area contributed by atoms with Crippen LogP contribution in [0.15, 0.2) is 12.1 Å². The van der Waals surface area contributed by atoms with Gasteiger partial charge in [0.25, 0.3) is 0 Å². The van der Waals surface area contributed by atoms with Crippen LogP contribution in [-0.2, 0) is 11.3 Å². The lowest BCUT2D eigenvalue weighted by molar-refractivity contribution is 0.143. The van der Waals surface area contributed by atoms with E-state index in [-0.39, 0.29) is 0 Å². The van der Waals surface area contributed by atoms with Crippen LogP contribution in [0.4, 0.5) is 5.82 Å². The van der Waals surface area contributed by atoms with Gasteiger partial charge in [0.1, 0.15) is 0 Å². The van der Waals surface area contributed by atoms with Crippen LogP contribution in [-0.4, -0.2) is 43.5 Å². The zero-order valence-corrected chi connectivity index (χ0v) is 12.6. The Labute approximate surface area is 121 Å². The van der Waals surface area contributed by atoms with Crippen LogP contribution in [0.1, 0.15) is 31.9 Å². The third-order valence-electron chi connectivity index (χ3n) is 3.68. The highest BCUT2D eigenvalue weighted by atomic mass is 16.5. The Morgan fingerprint density at radius 3 is 3.00 bits per heavy atom. The number of nitrogens with zero attached hydrogens (tertiary/aromatic N) is 3. The van der Waals surface area contributed by atoms with Gasteiger partial charge >= 0.3 is 0 Å². The first-order chi connectivity index (χ1) is 9.83. The van der Waals surface area contributed by atoms with Crippen LogP contribution < -0.4 is 10.2 Å². The summed E-state index contributed by atoms with van der Waals surface area (Å²) in [4.78, 5) is 2.32. The minimum Gasteiger partial charge on any atom is -0.384 e. The SMILES string of the molecule is CCCNCc1ccc(N2CCCC(COC)C2)nn1. The Kier molecular flexibility index (Phi) is 6.21. The smallest absolute Gasteiger partial charge is 0.151 e. The van der Waals surface area contributed by atoms with Crippen molar-refractivity contribution in [2.75, 3.05) is 38.3 Å². The molecule has 20 heavy (non-hydrogen) atoms. The Bertz CT molecular complexity index is 380. The Morgan fingerprint density at radius 2 is 2.30 bits per heavy atom. The van der Waals surface area contributed by atoms with Gasteiger partial charge in [-0.15, -0.1) is 5.10 Å². The van der Waals surface area contributed by atoms with E-state index in [4.69, 9.17) is 4.74 Å². The monoisotopic (exact) mass is 278 g/mol. The van der Waals surface area contributed by atoms with Crippen molar-refractivity contribution in [3.05, 3.63) is 17.8 Å². The maximum Gasteiger partial charge on any atom is 0.151 e. The molecular formula is C15H26N4O. The van der Waals surface area contributed by atoms with Crippen LogP contribution in [0.25, 0.3) is 0 Å². The van der Waals surface area contributed by atoms with E-state index in [1.54, 1.807) is 7.11 Å². The van der Waals surface area contributed by atoms with Gasteiger partial charge in [0.2, 0.25) is 0 Å². The van der Waals surface area contributed by atoms with Crippen molar-refractivity contribution in [3.63, 3.8) is 0 Å². The highest BCUT2D eigenvalue weighted by molar-refractivity contribution is 5.37. The van der Waals surface area contributed by atoms with Gasteiger partial charge in [0.05, 0.1) is 12.3 Å². The van der Waals surface area contributed by atoms with Crippen LogP contribution >= 0.6 is 0 Å². The number of methoxy groups -OCH3 is 1. The molecule has 0 amide bonds. The van der Waals surface area contributed by atoms with Gasteiger partial charge in [0.15, 0.2) is 5.82 Å². The van der Waals surface area contributed by atoms with Crippen molar-refractivity contribution in [2.45, 2.75) is 32.7 Å². The predicted octanol–water partition coefficient (Wildman–Crippen LogP) is 1.84. The first-order valence-corrected chi connectivity index (χ1v) is 7.60. The van der Waals surface area contributed by atoms with Crippen molar-refractivity contribution in [1.82, 2.24) is 15.5 Å². The fourth-order valence-corrected chi connectivity index (χ4v) is 2.65. The van der Waals surface area contributed by atoms with Gasteiger partial charge in [-0.05, 0) is 43.9 Å². The molecule has 0 spiro atoms. The molecule has 0 aliphatic carbocycles. The number of hydrogen-bond acceptors (Lipinski definition) is 5. The summed E-state index contributed by atoms with van der Waals surface area (Å²) < 4.78 is 5.27. The third-order valence-corrected chi connectivity index (χ3v) is 3.68. The van der Waals surface area contributed by atoms with Crippen molar-refractivity contribution in [3.8, 4) is 0 Å². The molecule has 0 radical (unpaired) electrons. The van der Waals surface area contributed by atoms with Crippen molar-refractivity contribution >= 4 is 5.82 Å². The molecule has 1 atom stereocenters. The molecule has 2 heterocycles. The third kappa shape index (κ3) is 4.42. The highest BCUT2D eigenvalue weighted by Gasteiger charge is 2.20. The number of rotatable bonds is 7. The predicted molar refractivity (Wildman–Crippen MR) is 80.8 cm³/mol. The average molecular weight is 278 g/mol. The molecule has 5 nitrogen and oxygen atoms in total. The Hall–Kier alpha value is -1.20. The zero-order chi connectivity index (χ0) is 14.2. The van der Waals surface area contributed by atoms with Gasteiger partial charge < -0.3 is 15.0 Å². The van der Waals surface area contributed by atoms with Crippen LogP contribution in [0, 0.1) is 5.92 Å². The van der Waals surface area contributed by atoms with Crippen LogP contribution in [0.5, 0.6) is 0 Å². The quantitative estimate of drug-likeness (QED) is 0.771. The summed E-state index contributed by atoms with van der Waals surface area (Å²) in [6.45, 7) is 6.91. The van der Waals surface area contributed by atoms with E-state index in [0.717, 1.165) is 50.7 Å². The van der Waals surface area contributed by atoms with E-state index < -0.39 is 0 Å². The number of nitrogens with one attached hydrogen (secondary N) is 1. The second kappa shape index (κ2) is 8.17. The second-order valence-electron chi connectivity index (χ2n) is 5.47. The maximum atomic E-state index is 5.27. The van der Waals surface area contributed by atoms with Gasteiger partial charge in [-0.3, -0.25) is 0 Å². The number of anilines is 1. The van der Waals surface area contributed by atoms with E-state index in [0.29, 0.717) is 5.92 Å². The van der Waals surface area contributed by atoms with Gasteiger partial charge in [-0.25, -0.2) is 0 Å². The maximum absolute atomic E-state index is 5.27. The van der Waals surface area contributed by atoms with Crippen molar-refractivity contribution in [1.29, 1.82) is 0 Å². The summed E-state index contributed by atoms with van der Waals surface area (Å²) in [6, 6.07) is 4.16. The van der Waals surface area contributed by atoms with E-state index in [1.807, 2.05) is 0 Å². The standard InChI is InChI=1S/C15H26N4O/c1-3-8-16-10-14-6-7-15(18-17-14)19-9-4-5-13(11-19)12-20-2/h6-7,13,16H,3-5,8-12H2,1-2H3. The molecule has 5 heteroatoms. The summed E-state index contributed by atoms with van der Waals surface area (Å²) in [7, 11) is 1.77. The van der Waals surface area contributed by atoms with E-state index in [1.165, 1.54) is 12.8 Å². The topological polar surface area (TPSA) is 50.3 Å². The molecule has 1 saturated heterocycles. The summed E-state index contributed by atoms with van der Waals surface area (Å²) in [6.07, 6.45) is 3.59. The van der Waals surface area contributed by atoms with Gasteiger partial charge in [-0.2, -0.15) is 5.10 Å². The molecule has 1 aromatic heterocycles. The summed E-state index contributed by atoms with van der Waals surface area (Å²) >= 11 is 0. The molecule has 0 saturated carbocycles. The highest BCUT2D eigenvalue weighted by Crippen LogP contribution is 2.21. The summed E-state index contributed by atoms with van der Waals surface area (Å²) in [5.74, 6) is 1.60. The largest absolute Gasteiger partial charge is 0.384 e. The molecule has 0 aromatic carbocycles. The molecule has 112 valence electrons. The van der Waals surface area contributed by atoms with Gasteiger partial charge in [0, 0.05) is 26.7 Å². The first kappa shape index (κ1) is 15.2. The summed E-state index contributed by atoms with van der Waals surface area (Å²) in [5.41, 5.74) is 1.01. The van der Waals surface area contributed by atoms with E-state index in [2.05, 4.69) is 39.5 Å². The fraction of sp³-hybridized carbons (Fsp3) is 0.733. The molecule has 1 aliphatic heterocycles. The lowest BCUT2D eigenvalue weighted by atomic mass is 9.99. The van der Waals surface area contributed by atoms with E-state index in [9.17, 15) is 0 Å². The van der Waals surface area contributed by atoms with Crippen molar-refractivity contribution < 1.29 is 4.74 Å². The Balaban J connectivity index is 1.88. The minimum atomic E-state index is 0.612. The van der Waals surface area contributed by atoms with E-state index >= 15 is 0 Å². The molecule has 1 fully saturated rings. The van der Waals surface area contributed by atoms with Crippen LogP contribution in [0.2, 0.25) is 0 Å². The average Bonchev–Trinajstić information content (AvgIpc) is 2.49. The number of hydrogen-bond donors (Lipinski definition) is 1. The van der Waals surface area contributed by atoms with Crippen LogP contribution in [0.3, 0.4) is 0 Å². The number of aromatic nitrogens is 2. The molecule has 2 rings (SSSR count). The molecule has 1 unspecified atom stereocenters. The Morgan fingerprint density at radius 1 is 1.40 bits per heavy atom. The lowest BCUT2D eigenvalue weighted by Gasteiger charge is -2.32. The molecular weight excluding hydrogens is 252 g/mol. The first-order valence-electron chi connectivity index (χ1n) is 7.60. The molecule has 1 aliphatic rings. The minimum absolute atomic E-state index is 0.612. The molecule has 1 N–H and O–H groups in total. The second-order valence-corrected chi connectivity index (χ2v) is 5.47. The molecule has 0 bridgehead atoms. The molecule has 1 aromatic rings. The fourth-order valence-electron chi connectivity index (χ4n) is 2.65. The lowest BCUT2D eigenvalue weighted by Crippen LogP contribution is -2.37. The number of ether oxygens (including phenoxy) is 1.